The second kappa shape index (κ2) is 9.88. The Hall–Kier alpha value is -3.69. The van der Waals surface area contributed by atoms with E-state index in [2.05, 4.69) is 20.1 Å². The Morgan fingerprint density at radius 2 is 1.48 bits per heavy atom. The summed E-state index contributed by atoms with van der Waals surface area (Å²) in [6, 6.07) is 21.3. The molecule has 0 radical (unpaired) electrons. The van der Waals surface area contributed by atoms with Crippen LogP contribution in [0.15, 0.2) is 83.8 Å². The summed E-state index contributed by atoms with van der Waals surface area (Å²) in [5, 5.41) is 5.20. The van der Waals surface area contributed by atoms with Gasteiger partial charge in [0, 0.05) is 23.5 Å². The third-order valence-electron chi connectivity index (χ3n) is 4.29. The lowest BCUT2D eigenvalue weighted by Crippen LogP contribution is -2.23. The summed E-state index contributed by atoms with van der Waals surface area (Å²) >= 11 is 0. The molecule has 3 aromatic rings. The molecular formula is C22H21N3O5S. The molecule has 0 fully saturated rings. The van der Waals surface area contributed by atoms with E-state index in [-0.39, 0.29) is 17.0 Å². The number of carbonyl (C=O) groups excluding carboxylic acids is 2. The molecule has 9 heteroatoms. The van der Waals surface area contributed by atoms with Gasteiger partial charge in [0.25, 0.3) is 5.91 Å². The van der Waals surface area contributed by atoms with Crippen LogP contribution in [0.1, 0.15) is 15.9 Å². The molecule has 0 aliphatic carbocycles. The lowest BCUT2D eigenvalue weighted by molar-refractivity contribution is 0.102. The van der Waals surface area contributed by atoms with E-state index in [1.807, 2.05) is 30.3 Å². The molecule has 0 aromatic heterocycles. The number of ether oxygens (including phenoxy) is 1. The van der Waals surface area contributed by atoms with E-state index in [0.717, 1.165) is 5.56 Å². The van der Waals surface area contributed by atoms with Crippen molar-refractivity contribution >= 4 is 33.4 Å². The van der Waals surface area contributed by atoms with Crippen LogP contribution in [0.25, 0.3) is 0 Å². The van der Waals surface area contributed by atoms with Gasteiger partial charge < -0.3 is 10.1 Å². The summed E-state index contributed by atoms with van der Waals surface area (Å²) < 4.78 is 32.2. The van der Waals surface area contributed by atoms with Gasteiger partial charge in [-0.25, -0.2) is 17.9 Å². The molecule has 0 aliphatic heterocycles. The van der Waals surface area contributed by atoms with E-state index < -0.39 is 22.0 Å². The topological polar surface area (TPSA) is 114 Å². The molecule has 0 bridgehead atoms. The van der Waals surface area contributed by atoms with Gasteiger partial charge in [0.1, 0.15) is 0 Å². The largest absolute Gasteiger partial charge is 0.453 e. The van der Waals surface area contributed by atoms with Crippen LogP contribution < -0.4 is 15.4 Å². The predicted octanol–water partition coefficient (Wildman–Crippen LogP) is 3.60. The Bertz CT molecular complexity index is 1160. The number of methoxy groups -OCH3 is 1. The standard InChI is InChI=1S/C22H21N3O5S/c1-30-22(27)25-19-12-10-18(11-13-19)24-21(26)17-8-5-9-20(14-17)31(28,29)23-15-16-6-3-2-4-7-16/h2-14,23H,15H2,1H3,(H,24,26)(H,25,27). The first-order chi connectivity index (χ1) is 14.9. The van der Waals surface area contributed by atoms with Crippen LogP contribution in [0, 0.1) is 0 Å². The molecule has 3 N–H and O–H groups in total. The van der Waals surface area contributed by atoms with E-state index in [4.69, 9.17) is 0 Å². The summed E-state index contributed by atoms with van der Waals surface area (Å²) in [5.41, 5.74) is 2.00. The Kier molecular flexibility index (Phi) is 7.01. The van der Waals surface area contributed by atoms with Crippen molar-refractivity contribution in [3.63, 3.8) is 0 Å². The van der Waals surface area contributed by atoms with Crippen LogP contribution in [0.4, 0.5) is 16.2 Å². The monoisotopic (exact) mass is 439 g/mol. The first-order valence-electron chi connectivity index (χ1n) is 9.27. The van der Waals surface area contributed by atoms with Crippen molar-refractivity contribution in [2.45, 2.75) is 11.4 Å². The van der Waals surface area contributed by atoms with Crippen LogP contribution in [0.5, 0.6) is 0 Å². The van der Waals surface area contributed by atoms with Gasteiger partial charge >= 0.3 is 6.09 Å². The van der Waals surface area contributed by atoms with Gasteiger partial charge in [-0.1, -0.05) is 36.4 Å². The summed E-state index contributed by atoms with van der Waals surface area (Å²) in [6.07, 6.45) is -0.601. The highest BCUT2D eigenvalue weighted by atomic mass is 32.2. The minimum absolute atomic E-state index is 0.00583. The third kappa shape index (κ3) is 6.14. The smallest absolute Gasteiger partial charge is 0.411 e. The SMILES string of the molecule is COC(=O)Nc1ccc(NC(=O)c2cccc(S(=O)(=O)NCc3ccccc3)c2)cc1. The number of anilines is 2. The maximum Gasteiger partial charge on any atom is 0.411 e. The van der Waals surface area contributed by atoms with E-state index in [1.165, 1.54) is 31.4 Å². The van der Waals surface area contributed by atoms with Crippen LogP contribution in [0.3, 0.4) is 0 Å². The molecule has 2 amide bonds. The van der Waals surface area contributed by atoms with Crippen molar-refractivity contribution in [1.82, 2.24) is 4.72 Å². The quantitative estimate of drug-likeness (QED) is 0.521. The highest BCUT2D eigenvalue weighted by Crippen LogP contribution is 2.17. The van der Waals surface area contributed by atoms with Crippen LogP contribution in [-0.4, -0.2) is 27.5 Å². The Morgan fingerprint density at radius 1 is 0.839 bits per heavy atom. The molecule has 0 unspecified atom stereocenters. The maximum absolute atomic E-state index is 12.6. The summed E-state index contributed by atoms with van der Waals surface area (Å²) in [7, 11) is -2.53. The van der Waals surface area contributed by atoms with Crippen molar-refractivity contribution in [3.05, 3.63) is 90.0 Å². The van der Waals surface area contributed by atoms with Gasteiger partial charge in [-0.05, 0) is 48.0 Å². The first-order valence-corrected chi connectivity index (χ1v) is 10.8. The van der Waals surface area contributed by atoms with Gasteiger partial charge in [-0.2, -0.15) is 0 Å². The Labute approximate surface area is 180 Å². The number of amides is 2. The number of nitrogens with one attached hydrogen (secondary N) is 3. The molecule has 3 aromatic carbocycles. The van der Waals surface area contributed by atoms with Crippen molar-refractivity contribution < 1.29 is 22.7 Å². The number of carbonyl (C=O) groups is 2. The second-order valence-electron chi connectivity index (χ2n) is 6.49. The number of hydrogen-bond donors (Lipinski definition) is 3. The molecule has 8 nitrogen and oxygen atoms in total. The Morgan fingerprint density at radius 3 is 2.13 bits per heavy atom. The van der Waals surface area contributed by atoms with Crippen molar-refractivity contribution in [2.75, 3.05) is 17.7 Å². The normalized spacial score (nSPS) is 10.9. The van der Waals surface area contributed by atoms with Crippen molar-refractivity contribution in [1.29, 1.82) is 0 Å². The van der Waals surface area contributed by atoms with Crippen LogP contribution in [-0.2, 0) is 21.3 Å². The average Bonchev–Trinajstić information content (AvgIpc) is 2.79. The van der Waals surface area contributed by atoms with Crippen molar-refractivity contribution in [2.24, 2.45) is 0 Å². The minimum atomic E-state index is -3.79. The molecule has 0 heterocycles. The molecule has 0 spiro atoms. The number of benzene rings is 3. The fraction of sp³-hybridized carbons (Fsp3) is 0.0909. The molecule has 0 saturated heterocycles. The number of sulfonamides is 1. The van der Waals surface area contributed by atoms with Crippen molar-refractivity contribution in [3.8, 4) is 0 Å². The van der Waals surface area contributed by atoms with E-state index in [1.54, 1.807) is 24.3 Å². The maximum atomic E-state index is 12.6. The molecule has 31 heavy (non-hydrogen) atoms. The van der Waals surface area contributed by atoms with E-state index >= 15 is 0 Å². The minimum Gasteiger partial charge on any atom is -0.453 e. The molecular weight excluding hydrogens is 418 g/mol. The first kappa shape index (κ1) is 22.0. The summed E-state index contributed by atoms with van der Waals surface area (Å²) in [4.78, 5) is 23.8. The zero-order valence-electron chi connectivity index (χ0n) is 16.7. The second-order valence-corrected chi connectivity index (χ2v) is 8.25. The van der Waals surface area contributed by atoms with E-state index in [9.17, 15) is 18.0 Å². The van der Waals surface area contributed by atoms with Gasteiger partial charge in [-0.3, -0.25) is 10.1 Å². The number of hydrogen-bond acceptors (Lipinski definition) is 5. The predicted molar refractivity (Wildman–Crippen MR) is 117 cm³/mol. The fourth-order valence-corrected chi connectivity index (χ4v) is 3.73. The lowest BCUT2D eigenvalue weighted by Gasteiger charge is -2.10. The summed E-state index contributed by atoms with van der Waals surface area (Å²) in [6.45, 7) is 0.144. The highest BCUT2D eigenvalue weighted by molar-refractivity contribution is 7.89. The molecule has 0 saturated carbocycles. The zero-order chi connectivity index (χ0) is 22.3. The fourth-order valence-electron chi connectivity index (χ4n) is 2.67. The summed E-state index contributed by atoms with van der Waals surface area (Å²) in [5.74, 6) is -0.464. The molecule has 0 atom stereocenters. The highest BCUT2D eigenvalue weighted by Gasteiger charge is 2.16. The molecule has 160 valence electrons. The van der Waals surface area contributed by atoms with Gasteiger partial charge in [0.15, 0.2) is 0 Å². The Balaban J connectivity index is 1.67. The van der Waals surface area contributed by atoms with Gasteiger partial charge in [0.05, 0.1) is 12.0 Å². The van der Waals surface area contributed by atoms with E-state index in [0.29, 0.717) is 11.4 Å². The zero-order valence-corrected chi connectivity index (χ0v) is 17.5. The van der Waals surface area contributed by atoms with Crippen LogP contribution >= 0.6 is 0 Å². The van der Waals surface area contributed by atoms with Gasteiger partial charge in [-0.15, -0.1) is 0 Å². The van der Waals surface area contributed by atoms with Crippen LogP contribution in [0.2, 0.25) is 0 Å². The van der Waals surface area contributed by atoms with Gasteiger partial charge in [0.2, 0.25) is 10.0 Å². The third-order valence-corrected chi connectivity index (χ3v) is 5.69. The molecule has 3 rings (SSSR count). The lowest BCUT2D eigenvalue weighted by atomic mass is 10.2. The number of rotatable bonds is 7. The molecule has 0 aliphatic rings. The average molecular weight is 439 g/mol.